The number of hydrogen-bond acceptors (Lipinski definition) is 5. The van der Waals surface area contributed by atoms with E-state index < -0.39 is 11.6 Å². The third-order valence-corrected chi connectivity index (χ3v) is 4.19. The van der Waals surface area contributed by atoms with Crippen molar-refractivity contribution in [1.82, 2.24) is 14.7 Å². The van der Waals surface area contributed by atoms with E-state index >= 15 is 0 Å². The summed E-state index contributed by atoms with van der Waals surface area (Å²) in [6.07, 6.45) is 2.17. The Labute approximate surface area is 109 Å². The van der Waals surface area contributed by atoms with E-state index in [0.717, 1.165) is 12.8 Å². The molecule has 1 amide bonds. The molecule has 1 aliphatic carbocycles. The molecule has 1 saturated carbocycles. The number of halogens is 1. The van der Waals surface area contributed by atoms with E-state index in [1.807, 2.05) is 0 Å². The smallest absolute Gasteiger partial charge is 0.259 e. The minimum Gasteiger partial charge on any atom is -0.351 e. The second-order valence-corrected chi connectivity index (χ2v) is 5.74. The van der Waals surface area contributed by atoms with Gasteiger partial charge in [0.15, 0.2) is 0 Å². The number of nitrogens with one attached hydrogen (secondary N) is 1. The number of aryl methyl sites for hydroxylation is 1. The summed E-state index contributed by atoms with van der Waals surface area (Å²) >= 11 is 1.25. The molecule has 7 heteroatoms. The van der Waals surface area contributed by atoms with Gasteiger partial charge in [0.2, 0.25) is 10.8 Å². The zero-order valence-electron chi connectivity index (χ0n) is 10.1. The van der Waals surface area contributed by atoms with E-state index in [-0.39, 0.29) is 19.0 Å². The summed E-state index contributed by atoms with van der Waals surface area (Å²) in [6.45, 7) is 2.40. The number of hydrogen-bond donors (Lipinski definition) is 1. The SMILES string of the molecule is Cc1nsc(N2CCC(F)(C(=O)NC3CC3)C2)n1. The normalized spacial score (nSPS) is 27.6. The Morgan fingerprint density at radius 1 is 1.61 bits per heavy atom. The van der Waals surface area contributed by atoms with Gasteiger partial charge in [-0.05, 0) is 19.8 Å². The summed E-state index contributed by atoms with van der Waals surface area (Å²) < 4.78 is 18.6. The molecule has 1 aromatic heterocycles. The van der Waals surface area contributed by atoms with Crippen molar-refractivity contribution in [3.05, 3.63) is 5.82 Å². The van der Waals surface area contributed by atoms with Crippen LogP contribution in [0, 0.1) is 6.92 Å². The monoisotopic (exact) mass is 270 g/mol. The molecule has 2 heterocycles. The van der Waals surface area contributed by atoms with Crippen LogP contribution in [0.15, 0.2) is 0 Å². The Balaban J connectivity index is 1.67. The van der Waals surface area contributed by atoms with Crippen molar-refractivity contribution in [2.45, 2.75) is 37.9 Å². The number of nitrogens with zero attached hydrogens (tertiary/aromatic N) is 3. The molecule has 2 aliphatic rings. The highest BCUT2D eigenvalue weighted by Gasteiger charge is 2.47. The van der Waals surface area contributed by atoms with Gasteiger partial charge < -0.3 is 10.2 Å². The van der Waals surface area contributed by atoms with Crippen molar-refractivity contribution in [3.8, 4) is 0 Å². The lowest BCUT2D eigenvalue weighted by Crippen LogP contribution is -2.46. The molecule has 1 atom stereocenters. The lowest BCUT2D eigenvalue weighted by Gasteiger charge is -2.19. The van der Waals surface area contributed by atoms with Gasteiger partial charge in [-0.15, -0.1) is 0 Å². The maximum Gasteiger partial charge on any atom is 0.259 e. The molecule has 1 aromatic rings. The summed E-state index contributed by atoms with van der Waals surface area (Å²) in [7, 11) is 0. The molecule has 2 fully saturated rings. The van der Waals surface area contributed by atoms with Gasteiger partial charge >= 0.3 is 0 Å². The number of anilines is 1. The fraction of sp³-hybridized carbons (Fsp3) is 0.727. The van der Waals surface area contributed by atoms with Crippen LogP contribution in [0.3, 0.4) is 0 Å². The van der Waals surface area contributed by atoms with Gasteiger partial charge in [0, 0.05) is 30.5 Å². The molecule has 3 rings (SSSR count). The molecular weight excluding hydrogens is 255 g/mol. The molecule has 1 N–H and O–H groups in total. The zero-order valence-corrected chi connectivity index (χ0v) is 11.0. The second-order valence-electron chi connectivity index (χ2n) is 5.01. The average molecular weight is 270 g/mol. The third-order valence-electron chi connectivity index (χ3n) is 3.33. The summed E-state index contributed by atoms with van der Waals surface area (Å²) in [6, 6.07) is 0.197. The number of rotatable bonds is 3. The Kier molecular flexibility index (Phi) is 2.73. The molecular formula is C11H15FN4OS. The van der Waals surface area contributed by atoms with E-state index in [0.29, 0.717) is 17.5 Å². The zero-order chi connectivity index (χ0) is 12.8. The van der Waals surface area contributed by atoms with Gasteiger partial charge in [0.05, 0.1) is 6.54 Å². The van der Waals surface area contributed by atoms with E-state index in [1.165, 1.54) is 11.5 Å². The maximum atomic E-state index is 14.5. The van der Waals surface area contributed by atoms with Gasteiger partial charge in [-0.3, -0.25) is 4.79 Å². The van der Waals surface area contributed by atoms with Gasteiger partial charge in [-0.1, -0.05) is 0 Å². The Morgan fingerprint density at radius 3 is 3.00 bits per heavy atom. The molecule has 0 radical (unpaired) electrons. The molecule has 0 bridgehead atoms. The van der Waals surface area contributed by atoms with Gasteiger partial charge in [-0.2, -0.15) is 4.37 Å². The quantitative estimate of drug-likeness (QED) is 0.891. The van der Waals surface area contributed by atoms with Crippen LogP contribution in [0.1, 0.15) is 25.1 Å². The third kappa shape index (κ3) is 2.19. The second kappa shape index (κ2) is 4.15. The molecule has 0 aromatic carbocycles. The first-order chi connectivity index (χ1) is 8.57. The van der Waals surface area contributed by atoms with Crippen LogP contribution in [-0.2, 0) is 4.79 Å². The highest BCUT2D eigenvalue weighted by molar-refractivity contribution is 7.09. The predicted octanol–water partition coefficient (Wildman–Crippen LogP) is 1.04. The van der Waals surface area contributed by atoms with Gasteiger partial charge in [0.25, 0.3) is 5.91 Å². The van der Waals surface area contributed by atoms with Crippen molar-refractivity contribution < 1.29 is 9.18 Å². The highest BCUT2D eigenvalue weighted by atomic mass is 32.1. The van der Waals surface area contributed by atoms with Crippen molar-refractivity contribution >= 4 is 22.6 Å². The fourth-order valence-corrected chi connectivity index (χ4v) is 2.78. The minimum absolute atomic E-state index is 0.0835. The Bertz CT molecular complexity index is 475. The van der Waals surface area contributed by atoms with Crippen LogP contribution in [0.2, 0.25) is 0 Å². The highest BCUT2D eigenvalue weighted by Crippen LogP contribution is 2.32. The summed E-state index contributed by atoms with van der Waals surface area (Å²) in [4.78, 5) is 17.9. The number of alkyl halides is 1. The Morgan fingerprint density at radius 2 is 2.39 bits per heavy atom. The van der Waals surface area contributed by atoms with E-state index in [9.17, 15) is 9.18 Å². The van der Waals surface area contributed by atoms with Crippen LogP contribution in [0.4, 0.5) is 9.52 Å². The van der Waals surface area contributed by atoms with Crippen molar-refractivity contribution in [3.63, 3.8) is 0 Å². The van der Waals surface area contributed by atoms with Crippen LogP contribution in [-0.4, -0.2) is 40.1 Å². The number of carbonyl (C=O) groups is 1. The molecule has 98 valence electrons. The maximum absolute atomic E-state index is 14.5. The van der Waals surface area contributed by atoms with Crippen LogP contribution < -0.4 is 10.2 Å². The Hall–Kier alpha value is -1.24. The van der Waals surface area contributed by atoms with E-state index in [4.69, 9.17) is 0 Å². The lowest BCUT2D eigenvalue weighted by atomic mass is 10.1. The first kappa shape index (κ1) is 11.8. The molecule has 18 heavy (non-hydrogen) atoms. The van der Waals surface area contributed by atoms with Crippen LogP contribution in [0.25, 0.3) is 0 Å². The van der Waals surface area contributed by atoms with Crippen molar-refractivity contribution in [2.75, 3.05) is 18.0 Å². The predicted molar refractivity (Wildman–Crippen MR) is 66.5 cm³/mol. The first-order valence-electron chi connectivity index (χ1n) is 6.12. The van der Waals surface area contributed by atoms with Crippen molar-refractivity contribution in [1.29, 1.82) is 0 Å². The number of carbonyl (C=O) groups excluding carboxylic acids is 1. The molecule has 0 spiro atoms. The topological polar surface area (TPSA) is 58.1 Å². The number of amides is 1. The minimum atomic E-state index is -1.78. The average Bonchev–Trinajstić information content (AvgIpc) is 2.87. The summed E-state index contributed by atoms with van der Waals surface area (Å²) in [5.74, 6) is 0.225. The number of aromatic nitrogens is 2. The van der Waals surface area contributed by atoms with Gasteiger partial charge in [0.1, 0.15) is 5.82 Å². The molecule has 1 unspecified atom stereocenters. The van der Waals surface area contributed by atoms with Gasteiger partial charge in [-0.25, -0.2) is 9.37 Å². The lowest BCUT2D eigenvalue weighted by molar-refractivity contribution is -0.131. The van der Waals surface area contributed by atoms with Crippen LogP contribution >= 0.6 is 11.5 Å². The molecule has 1 aliphatic heterocycles. The van der Waals surface area contributed by atoms with E-state index in [2.05, 4.69) is 14.7 Å². The summed E-state index contributed by atoms with van der Waals surface area (Å²) in [5, 5.41) is 3.44. The fourth-order valence-electron chi connectivity index (χ4n) is 2.08. The standard InChI is InChI=1S/C11H15FN4OS/c1-7-13-10(18-15-7)16-5-4-11(12,6-16)9(17)14-8-2-3-8/h8H,2-6H2,1H3,(H,14,17). The van der Waals surface area contributed by atoms with Crippen molar-refractivity contribution in [2.24, 2.45) is 0 Å². The summed E-state index contributed by atoms with van der Waals surface area (Å²) in [5.41, 5.74) is -1.78. The van der Waals surface area contributed by atoms with Crippen LogP contribution in [0.5, 0.6) is 0 Å². The molecule has 1 saturated heterocycles. The largest absolute Gasteiger partial charge is 0.351 e. The molecule has 5 nitrogen and oxygen atoms in total. The van der Waals surface area contributed by atoms with E-state index in [1.54, 1.807) is 11.8 Å². The first-order valence-corrected chi connectivity index (χ1v) is 6.89.